The Hall–Kier alpha value is -3.08. The number of fused-ring (bicyclic) bond motifs is 1. The van der Waals surface area contributed by atoms with E-state index in [4.69, 9.17) is 0 Å². The molecule has 0 radical (unpaired) electrons. The number of amides is 2. The molecule has 23 heavy (non-hydrogen) atoms. The number of nitrogens with one attached hydrogen (secondary N) is 1. The van der Waals surface area contributed by atoms with Gasteiger partial charge in [-0.1, -0.05) is 24.3 Å². The van der Waals surface area contributed by atoms with Crippen LogP contribution in [0.1, 0.15) is 5.56 Å². The summed E-state index contributed by atoms with van der Waals surface area (Å²) in [5, 5.41) is 2.98. The molecule has 5 heteroatoms. The highest BCUT2D eigenvalue weighted by Gasteiger charge is 2.24. The van der Waals surface area contributed by atoms with E-state index < -0.39 is 0 Å². The van der Waals surface area contributed by atoms with Crippen LogP contribution in [0.4, 0.5) is 16.2 Å². The van der Waals surface area contributed by atoms with Gasteiger partial charge >= 0.3 is 6.03 Å². The molecule has 1 aliphatic heterocycles. The third kappa shape index (κ3) is 2.57. The molecule has 1 aromatic heterocycles. The molecule has 0 saturated carbocycles. The highest BCUT2D eigenvalue weighted by molar-refractivity contribution is 6.03. The molecule has 0 spiro atoms. The van der Waals surface area contributed by atoms with E-state index in [1.165, 1.54) is 5.56 Å². The molecule has 1 N–H and O–H groups in total. The fourth-order valence-electron chi connectivity index (χ4n) is 2.90. The zero-order valence-electron chi connectivity index (χ0n) is 12.5. The Morgan fingerprint density at radius 2 is 2.04 bits per heavy atom. The van der Waals surface area contributed by atoms with Crippen molar-refractivity contribution in [2.24, 2.45) is 0 Å². The Balaban J connectivity index is 1.55. The molecule has 0 fully saturated rings. The molecular formula is C18H16N4O. The molecule has 4 rings (SSSR count). The van der Waals surface area contributed by atoms with E-state index in [0.717, 1.165) is 23.5 Å². The van der Waals surface area contributed by atoms with Crippen molar-refractivity contribution in [1.29, 1.82) is 0 Å². The van der Waals surface area contributed by atoms with Gasteiger partial charge in [0.25, 0.3) is 0 Å². The van der Waals surface area contributed by atoms with Crippen molar-refractivity contribution in [3.05, 3.63) is 72.8 Å². The average Bonchev–Trinajstić information content (AvgIpc) is 3.25. The van der Waals surface area contributed by atoms with Gasteiger partial charge in [-0.2, -0.15) is 0 Å². The van der Waals surface area contributed by atoms with Crippen LogP contribution in [0.2, 0.25) is 0 Å². The Kier molecular flexibility index (Phi) is 3.31. The number of aromatic nitrogens is 2. The average molecular weight is 304 g/mol. The van der Waals surface area contributed by atoms with Crippen LogP contribution in [-0.4, -0.2) is 22.1 Å². The number of benzene rings is 2. The van der Waals surface area contributed by atoms with Gasteiger partial charge in [-0.15, -0.1) is 0 Å². The Bertz CT molecular complexity index is 842. The van der Waals surface area contributed by atoms with Crippen LogP contribution in [0.3, 0.4) is 0 Å². The third-order valence-electron chi connectivity index (χ3n) is 4.03. The second-order valence-electron chi connectivity index (χ2n) is 5.48. The molecule has 3 aromatic rings. The molecule has 0 bridgehead atoms. The van der Waals surface area contributed by atoms with Gasteiger partial charge in [0.2, 0.25) is 0 Å². The molecule has 2 aromatic carbocycles. The summed E-state index contributed by atoms with van der Waals surface area (Å²) in [6, 6.07) is 15.6. The number of rotatable bonds is 2. The lowest BCUT2D eigenvalue weighted by Crippen LogP contribution is -2.33. The Morgan fingerprint density at radius 3 is 2.91 bits per heavy atom. The van der Waals surface area contributed by atoms with Crippen molar-refractivity contribution in [3.8, 4) is 5.69 Å². The zero-order chi connectivity index (χ0) is 15.6. The number of imidazole rings is 1. The number of carbonyl (C=O) groups is 1. The number of carbonyl (C=O) groups excluding carboxylic acids is 1. The fraction of sp³-hybridized carbons (Fsp3) is 0.111. The predicted octanol–water partition coefficient (Wildman–Crippen LogP) is 3.47. The highest BCUT2D eigenvalue weighted by atomic mass is 16.2. The number of hydrogen-bond donors (Lipinski definition) is 1. The summed E-state index contributed by atoms with van der Waals surface area (Å²) in [4.78, 5) is 18.4. The largest absolute Gasteiger partial charge is 0.326 e. The van der Waals surface area contributed by atoms with E-state index in [1.807, 2.05) is 53.2 Å². The van der Waals surface area contributed by atoms with Crippen LogP contribution >= 0.6 is 0 Å². The fourth-order valence-corrected chi connectivity index (χ4v) is 2.90. The number of anilines is 2. The highest BCUT2D eigenvalue weighted by Crippen LogP contribution is 2.28. The van der Waals surface area contributed by atoms with E-state index in [9.17, 15) is 4.79 Å². The van der Waals surface area contributed by atoms with Crippen LogP contribution in [0.25, 0.3) is 5.69 Å². The molecule has 2 heterocycles. The lowest BCUT2D eigenvalue weighted by Gasteiger charge is -2.18. The monoisotopic (exact) mass is 304 g/mol. The van der Waals surface area contributed by atoms with Gasteiger partial charge in [-0.3, -0.25) is 4.90 Å². The first-order valence-corrected chi connectivity index (χ1v) is 7.56. The van der Waals surface area contributed by atoms with Gasteiger partial charge in [-0.05, 0) is 36.2 Å². The van der Waals surface area contributed by atoms with Crippen LogP contribution in [0, 0.1) is 0 Å². The minimum atomic E-state index is -0.0993. The molecule has 0 unspecified atom stereocenters. The second-order valence-corrected chi connectivity index (χ2v) is 5.48. The summed E-state index contributed by atoms with van der Waals surface area (Å²) in [6.45, 7) is 0.715. The molecular weight excluding hydrogens is 288 g/mol. The minimum absolute atomic E-state index is 0.0993. The zero-order valence-corrected chi connectivity index (χ0v) is 12.5. The number of nitrogens with zero attached hydrogens (tertiary/aromatic N) is 3. The smallest absolute Gasteiger partial charge is 0.307 e. The van der Waals surface area contributed by atoms with Crippen molar-refractivity contribution in [2.45, 2.75) is 6.42 Å². The summed E-state index contributed by atoms with van der Waals surface area (Å²) in [5.74, 6) is 0. The second kappa shape index (κ2) is 5.61. The van der Waals surface area contributed by atoms with Gasteiger partial charge in [-0.25, -0.2) is 9.78 Å². The van der Waals surface area contributed by atoms with Gasteiger partial charge in [0.15, 0.2) is 0 Å². The topological polar surface area (TPSA) is 50.2 Å². The molecule has 1 aliphatic rings. The predicted molar refractivity (Wildman–Crippen MR) is 90.1 cm³/mol. The Labute approximate surface area is 134 Å². The van der Waals surface area contributed by atoms with Gasteiger partial charge in [0.05, 0.1) is 6.33 Å². The molecule has 2 amide bonds. The molecule has 0 saturated heterocycles. The van der Waals surface area contributed by atoms with Crippen molar-refractivity contribution in [2.75, 3.05) is 16.8 Å². The van der Waals surface area contributed by atoms with E-state index in [-0.39, 0.29) is 6.03 Å². The van der Waals surface area contributed by atoms with E-state index in [2.05, 4.69) is 16.4 Å². The van der Waals surface area contributed by atoms with Gasteiger partial charge in [0, 0.05) is 36.0 Å². The summed E-state index contributed by atoms with van der Waals surface area (Å²) in [7, 11) is 0. The normalized spacial score (nSPS) is 13.0. The van der Waals surface area contributed by atoms with E-state index in [1.54, 1.807) is 17.4 Å². The van der Waals surface area contributed by atoms with Crippen molar-refractivity contribution in [3.63, 3.8) is 0 Å². The first-order chi connectivity index (χ1) is 11.3. The van der Waals surface area contributed by atoms with E-state index in [0.29, 0.717) is 6.54 Å². The van der Waals surface area contributed by atoms with Crippen molar-refractivity contribution >= 4 is 17.4 Å². The number of urea groups is 1. The SMILES string of the molecule is O=C(Nc1cccc(-n2ccnc2)c1)N1CCc2ccccc21. The minimum Gasteiger partial charge on any atom is -0.307 e. The van der Waals surface area contributed by atoms with Crippen LogP contribution < -0.4 is 10.2 Å². The van der Waals surface area contributed by atoms with Crippen molar-refractivity contribution in [1.82, 2.24) is 9.55 Å². The number of hydrogen-bond acceptors (Lipinski definition) is 2. The molecule has 0 aliphatic carbocycles. The van der Waals surface area contributed by atoms with Crippen LogP contribution in [0.5, 0.6) is 0 Å². The molecule has 5 nitrogen and oxygen atoms in total. The molecule has 114 valence electrons. The number of para-hydroxylation sites is 1. The maximum atomic E-state index is 12.6. The van der Waals surface area contributed by atoms with Crippen LogP contribution in [0.15, 0.2) is 67.3 Å². The quantitative estimate of drug-likeness (QED) is 0.788. The van der Waals surface area contributed by atoms with Crippen molar-refractivity contribution < 1.29 is 4.79 Å². The van der Waals surface area contributed by atoms with Crippen LogP contribution in [-0.2, 0) is 6.42 Å². The van der Waals surface area contributed by atoms with Gasteiger partial charge < -0.3 is 9.88 Å². The third-order valence-corrected chi connectivity index (χ3v) is 4.03. The van der Waals surface area contributed by atoms with Gasteiger partial charge in [0.1, 0.15) is 0 Å². The first kappa shape index (κ1) is 13.6. The molecule has 0 atom stereocenters. The summed E-state index contributed by atoms with van der Waals surface area (Å²) in [6.07, 6.45) is 6.24. The lowest BCUT2D eigenvalue weighted by molar-refractivity contribution is 0.257. The van der Waals surface area contributed by atoms with E-state index >= 15 is 0 Å². The standard InChI is InChI=1S/C18H16N4O/c23-18(22-10-8-14-4-1-2-7-17(14)22)20-15-5-3-6-16(12-15)21-11-9-19-13-21/h1-7,9,11-13H,8,10H2,(H,20,23). The first-order valence-electron chi connectivity index (χ1n) is 7.56. The lowest BCUT2D eigenvalue weighted by atomic mass is 10.2. The summed E-state index contributed by atoms with van der Waals surface area (Å²) in [5.41, 5.74) is 3.94. The maximum absolute atomic E-state index is 12.6. The maximum Gasteiger partial charge on any atom is 0.326 e. The summed E-state index contributed by atoms with van der Waals surface area (Å²) >= 11 is 0. The Morgan fingerprint density at radius 1 is 1.13 bits per heavy atom. The summed E-state index contributed by atoms with van der Waals surface area (Å²) < 4.78 is 1.90.